The first-order valence-electron chi connectivity index (χ1n) is 6.69. The second kappa shape index (κ2) is 3.25. The topological polar surface area (TPSA) is 46.6 Å². The second-order valence-electron chi connectivity index (χ2n) is 6.09. The van der Waals surface area contributed by atoms with E-state index in [1.165, 1.54) is 6.42 Å². The Morgan fingerprint density at radius 3 is 2.65 bits per heavy atom. The van der Waals surface area contributed by atoms with Gasteiger partial charge in [0.05, 0.1) is 29.8 Å². The molecule has 0 aromatic rings. The molecule has 4 fully saturated rings. The highest BCUT2D eigenvalue weighted by Crippen LogP contribution is 2.62. The van der Waals surface area contributed by atoms with E-state index in [1.54, 1.807) is 0 Å². The first-order valence-corrected chi connectivity index (χ1v) is 8.40. The molecule has 2 aliphatic heterocycles. The van der Waals surface area contributed by atoms with Crippen LogP contribution in [0.2, 0.25) is 0 Å². The Balaban J connectivity index is 1.72. The maximum atomic E-state index is 12.1. The molecule has 96 valence electrons. The first kappa shape index (κ1) is 10.8. The molecule has 0 amide bonds. The lowest BCUT2D eigenvalue weighted by atomic mass is 9.79. The van der Waals surface area contributed by atoms with Crippen molar-refractivity contribution in [1.82, 2.24) is 4.90 Å². The van der Waals surface area contributed by atoms with E-state index in [4.69, 9.17) is 4.74 Å². The predicted octanol–water partition coefficient (Wildman–Crippen LogP) is 0.284. The van der Waals surface area contributed by atoms with Gasteiger partial charge in [0.2, 0.25) is 0 Å². The molecular formula is C12H19NO3S. The Morgan fingerprint density at radius 2 is 1.94 bits per heavy atom. The number of sulfone groups is 1. The van der Waals surface area contributed by atoms with E-state index in [0.29, 0.717) is 17.6 Å². The molecule has 4 aliphatic rings. The summed E-state index contributed by atoms with van der Waals surface area (Å²) >= 11 is 0. The van der Waals surface area contributed by atoms with Crippen molar-refractivity contribution in [2.75, 3.05) is 32.1 Å². The summed E-state index contributed by atoms with van der Waals surface area (Å²) in [5, 5.41) is -0.0353. The summed E-state index contributed by atoms with van der Waals surface area (Å²) in [7, 11) is -2.78. The van der Waals surface area contributed by atoms with Crippen molar-refractivity contribution in [3.05, 3.63) is 0 Å². The largest absolute Gasteiger partial charge is 0.379 e. The lowest BCUT2D eigenvalue weighted by Crippen LogP contribution is -2.75. The molecule has 2 bridgehead atoms. The summed E-state index contributed by atoms with van der Waals surface area (Å²) < 4.78 is 29.6. The van der Waals surface area contributed by atoms with Gasteiger partial charge in [-0.15, -0.1) is 0 Å². The molecule has 0 aromatic carbocycles. The number of hydrogen-bond donors (Lipinski definition) is 0. The number of morpholine rings is 1. The predicted molar refractivity (Wildman–Crippen MR) is 63.5 cm³/mol. The molecule has 2 heterocycles. The van der Waals surface area contributed by atoms with E-state index >= 15 is 0 Å². The van der Waals surface area contributed by atoms with E-state index in [0.717, 1.165) is 39.1 Å². The molecule has 2 aliphatic carbocycles. The zero-order chi connectivity index (χ0) is 11.7. The van der Waals surface area contributed by atoms with Crippen molar-refractivity contribution in [3.8, 4) is 0 Å². The van der Waals surface area contributed by atoms with E-state index in [2.05, 4.69) is 4.90 Å². The Morgan fingerprint density at radius 1 is 1.18 bits per heavy atom. The van der Waals surface area contributed by atoms with Crippen molar-refractivity contribution in [2.45, 2.75) is 30.1 Å². The molecular weight excluding hydrogens is 238 g/mol. The first-order chi connectivity index (χ1) is 8.14. The van der Waals surface area contributed by atoms with Crippen LogP contribution < -0.4 is 0 Å². The van der Waals surface area contributed by atoms with Gasteiger partial charge in [0, 0.05) is 13.1 Å². The second-order valence-corrected chi connectivity index (χ2v) is 8.21. The van der Waals surface area contributed by atoms with Gasteiger partial charge in [-0.3, -0.25) is 4.90 Å². The van der Waals surface area contributed by atoms with Crippen LogP contribution in [0.3, 0.4) is 0 Å². The zero-order valence-corrected chi connectivity index (χ0v) is 10.8. The normalized spacial score (nSPS) is 52.1. The van der Waals surface area contributed by atoms with E-state index in [-0.39, 0.29) is 10.8 Å². The van der Waals surface area contributed by atoms with Crippen LogP contribution in [-0.4, -0.2) is 56.2 Å². The number of fused-ring (bicyclic) bond motifs is 5. The van der Waals surface area contributed by atoms with Crippen LogP contribution in [0.25, 0.3) is 0 Å². The quantitative estimate of drug-likeness (QED) is 0.677. The lowest BCUT2D eigenvalue weighted by Gasteiger charge is -2.58. The van der Waals surface area contributed by atoms with Crippen molar-refractivity contribution in [2.24, 2.45) is 11.8 Å². The fourth-order valence-electron chi connectivity index (χ4n) is 5.01. The third kappa shape index (κ3) is 1.18. The smallest absolute Gasteiger partial charge is 0.157 e. The third-order valence-electron chi connectivity index (χ3n) is 5.52. The average Bonchev–Trinajstić information content (AvgIpc) is 2.85. The standard InChI is InChI=1S/C12H19NO3S/c14-17(15)8-12(13-3-5-16-6-4-13)10-2-1-9(7-10)11(12)17/h9-11H,1-8H2/t9-,10+,11-,12+/m1/s1. The molecule has 0 N–H and O–H groups in total. The minimum absolute atomic E-state index is 0.0194. The van der Waals surface area contributed by atoms with Gasteiger partial charge in [0.25, 0.3) is 0 Å². The van der Waals surface area contributed by atoms with E-state index < -0.39 is 9.84 Å². The van der Waals surface area contributed by atoms with Gasteiger partial charge < -0.3 is 4.74 Å². The van der Waals surface area contributed by atoms with Crippen LogP contribution in [0.15, 0.2) is 0 Å². The van der Waals surface area contributed by atoms with Gasteiger partial charge in [-0.1, -0.05) is 0 Å². The molecule has 5 heteroatoms. The van der Waals surface area contributed by atoms with Crippen molar-refractivity contribution >= 4 is 9.84 Å². The minimum atomic E-state index is -2.78. The third-order valence-corrected chi connectivity index (χ3v) is 7.95. The molecule has 0 spiro atoms. The molecule has 4 nitrogen and oxygen atoms in total. The monoisotopic (exact) mass is 257 g/mol. The Labute approximate surface area is 102 Å². The van der Waals surface area contributed by atoms with Crippen molar-refractivity contribution < 1.29 is 13.2 Å². The Hall–Kier alpha value is -0.130. The van der Waals surface area contributed by atoms with Gasteiger partial charge in [-0.25, -0.2) is 8.42 Å². The van der Waals surface area contributed by atoms with Crippen LogP contribution >= 0.6 is 0 Å². The van der Waals surface area contributed by atoms with Crippen molar-refractivity contribution in [3.63, 3.8) is 0 Å². The van der Waals surface area contributed by atoms with Crippen LogP contribution in [0, 0.1) is 11.8 Å². The Kier molecular flexibility index (Phi) is 2.06. The number of hydrogen-bond acceptors (Lipinski definition) is 4. The number of rotatable bonds is 1. The number of nitrogens with zero attached hydrogens (tertiary/aromatic N) is 1. The summed E-state index contributed by atoms with van der Waals surface area (Å²) in [6.07, 6.45) is 3.54. The maximum Gasteiger partial charge on any atom is 0.157 e. The average molecular weight is 257 g/mol. The fourth-order valence-corrected chi connectivity index (χ4v) is 8.02. The zero-order valence-electron chi connectivity index (χ0n) is 9.97. The van der Waals surface area contributed by atoms with Crippen LogP contribution in [0.5, 0.6) is 0 Å². The van der Waals surface area contributed by atoms with Gasteiger partial charge in [-0.2, -0.15) is 0 Å². The van der Waals surface area contributed by atoms with Gasteiger partial charge in [0.1, 0.15) is 0 Å². The molecule has 4 rings (SSSR count). The molecule has 2 saturated heterocycles. The van der Waals surface area contributed by atoms with E-state index in [9.17, 15) is 8.42 Å². The van der Waals surface area contributed by atoms with Gasteiger partial charge in [-0.05, 0) is 31.1 Å². The van der Waals surface area contributed by atoms with E-state index in [1.807, 2.05) is 0 Å². The summed E-state index contributed by atoms with van der Waals surface area (Å²) in [4.78, 5) is 2.45. The van der Waals surface area contributed by atoms with Gasteiger partial charge in [0.15, 0.2) is 9.84 Å². The van der Waals surface area contributed by atoms with Crippen LogP contribution in [0.4, 0.5) is 0 Å². The highest BCUT2D eigenvalue weighted by molar-refractivity contribution is 7.93. The molecule has 2 saturated carbocycles. The summed E-state index contributed by atoms with van der Waals surface area (Å²) in [6.45, 7) is 3.39. The highest BCUT2D eigenvalue weighted by atomic mass is 32.2. The molecule has 17 heavy (non-hydrogen) atoms. The highest BCUT2D eigenvalue weighted by Gasteiger charge is 2.72. The maximum absolute atomic E-state index is 12.1. The SMILES string of the molecule is O=S1(=O)C[C@]2(N3CCOCC3)[C@H]3CC[C@H](C3)[C@H]21. The molecule has 0 radical (unpaired) electrons. The summed E-state index contributed by atoms with van der Waals surface area (Å²) in [5.41, 5.74) is 0.0194. The molecule has 0 unspecified atom stereocenters. The number of ether oxygens (including phenoxy) is 1. The minimum Gasteiger partial charge on any atom is -0.379 e. The molecule has 0 aromatic heterocycles. The van der Waals surface area contributed by atoms with Crippen LogP contribution in [-0.2, 0) is 14.6 Å². The molecule has 4 atom stereocenters. The Bertz CT molecular complexity index is 443. The van der Waals surface area contributed by atoms with Crippen LogP contribution in [0.1, 0.15) is 19.3 Å². The summed E-state index contributed by atoms with van der Waals surface area (Å²) in [6, 6.07) is 0. The van der Waals surface area contributed by atoms with Crippen molar-refractivity contribution in [1.29, 1.82) is 0 Å². The van der Waals surface area contributed by atoms with Gasteiger partial charge >= 0.3 is 0 Å². The fraction of sp³-hybridized carbons (Fsp3) is 1.00. The lowest BCUT2D eigenvalue weighted by molar-refractivity contribution is -0.0416. The summed E-state index contributed by atoms with van der Waals surface area (Å²) in [5.74, 6) is 1.52.